The largest absolute Gasteiger partial charge is 0.443 e. The van der Waals surface area contributed by atoms with Gasteiger partial charge in [-0.3, -0.25) is 4.79 Å². The van der Waals surface area contributed by atoms with Gasteiger partial charge in [-0.1, -0.05) is 13.8 Å². The van der Waals surface area contributed by atoms with E-state index in [1.165, 1.54) is 0 Å². The van der Waals surface area contributed by atoms with Crippen LogP contribution in [0.15, 0.2) is 0 Å². The fraction of sp³-hybridized carbons (Fsp3) is 0.909. The van der Waals surface area contributed by atoms with E-state index >= 15 is 0 Å². The molecule has 1 aliphatic carbocycles. The highest BCUT2D eigenvalue weighted by Crippen LogP contribution is 2.60. The first-order valence-corrected chi connectivity index (χ1v) is 11.2. The van der Waals surface area contributed by atoms with Crippen LogP contribution in [-0.2, 0) is 28.5 Å². The van der Waals surface area contributed by atoms with Crippen LogP contribution >= 0.6 is 0 Å². The summed E-state index contributed by atoms with van der Waals surface area (Å²) in [6, 6.07) is -0.790. The number of nitrogens with two attached hydrogens (primary N) is 1. The third-order valence-corrected chi connectivity index (χ3v) is 7.59. The van der Waals surface area contributed by atoms with Crippen LogP contribution in [0.2, 0.25) is 0 Å². The molecule has 2 amide bonds. The number of carbonyl (C=O) groups is 2. The summed E-state index contributed by atoms with van der Waals surface area (Å²) in [5, 5.41) is 2.60. The molecule has 0 aromatic carbocycles. The number of methoxy groups -OCH3 is 1. The standard InChI is InChI=1S/C22H36N2O7/c1-11(2)15(18(23)25)24-19(26)29-12-7-8-22(10-28-22)17(16(12)27-6)21(5)14(31-21)9-13-20(3,4)30-13/h11-17H,7-10H2,1-6H3,(H2,23,25)(H,24,26)/t12-,13-,14-,15-,16-,17?,21?,22+/m1/s1. The van der Waals surface area contributed by atoms with Gasteiger partial charge < -0.3 is 34.7 Å². The van der Waals surface area contributed by atoms with Crippen LogP contribution in [-0.4, -0.2) is 73.0 Å². The molecule has 176 valence electrons. The summed E-state index contributed by atoms with van der Waals surface area (Å²) in [6.07, 6.45) is 0.934. The van der Waals surface area contributed by atoms with Crippen LogP contribution in [0.5, 0.6) is 0 Å². The first kappa shape index (κ1) is 22.8. The average molecular weight is 441 g/mol. The molecule has 0 aromatic heterocycles. The predicted octanol–water partition coefficient (Wildman–Crippen LogP) is 1.51. The number of nitrogens with one attached hydrogen (secondary N) is 1. The highest BCUT2D eigenvalue weighted by molar-refractivity contribution is 5.84. The normalized spacial score (nSPS) is 43.4. The molecule has 0 aromatic rings. The van der Waals surface area contributed by atoms with Crippen LogP contribution in [0.25, 0.3) is 0 Å². The van der Waals surface area contributed by atoms with Crippen molar-refractivity contribution in [2.24, 2.45) is 17.6 Å². The highest BCUT2D eigenvalue weighted by Gasteiger charge is 2.73. The zero-order chi connectivity index (χ0) is 22.8. The van der Waals surface area contributed by atoms with E-state index in [2.05, 4.69) is 26.1 Å². The Morgan fingerprint density at radius 1 is 1.19 bits per heavy atom. The van der Waals surface area contributed by atoms with Gasteiger partial charge in [-0.25, -0.2) is 4.79 Å². The second kappa shape index (κ2) is 7.57. The quantitative estimate of drug-likeness (QED) is 0.548. The summed E-state index contributed by atoms with van der Waals surface area (Å²) in [4.78, 5) is 24.2. The second-order valence-electron chi connectivity index (χ2n) is 10.5. The van der Waals surface area contributed by atoms with E-state index in [9.17, 15) is 9.59 Å². The molecule has 4 aliphatic rings. The Morgan fingerprint density at radius 2 is 1.84 bits per heavy atom. The summed E-state index contributed by atoms with van der Waals surface area (Å²) >= 11 is 0. The molecule has 9 heteroatoms. The molecule has 1 spiro atoms. The van der Waals surface area contributed by atoms with Crippen LogP contribution in [0.4, 0.5) is 4.79 Å². The first-order chi connectivity index (χ1) is 14.4. The second-order valence-corrected chi connectivity index (χ2v) is 10.5. The Hall–Kier alpha value is -1.42. The molecule has 3 aliphatic heterocycles. The maximum Gasteiger partial charge on any atom is 0.408 e. The lowest BCUT2D eigenvalue weighted by molar-refractivity contribution is -0.123. The predicted molar refractivity (Wildman–Crippen MR) is 110 cm³/mol. The van der Waals surface area contributed by atoms with E-state index in [-0.39, 0.29) is 41.3 Å². The number of rotatable bonds is 8. The monoisotopic (exact) mass is 440 g/mol. The van der Waals surface area contributed by atoms with Gasteiger partial charge in [0.2, 0.25) is 5.91 Å². The zero-order valence-corrected chi connectivity index (χ0v) is 19.3. The zero-order valence-electron chi connectivity index (χ0n) is 19.3. The van der Waals surface area contributed by atoms with E-state index < -0.39 is 29.7 Å². The molecule has 1 saturated carbocycles. The molecule has 0 radical (unpaired) electrons. The molecule has 3 heterocycles. The Labute approximate surface area is 183 Å². The third kappa shape index (κ3) is 4.17. The van der Waals surface area contributed by atoms with E-state index in [4.69, 9.17) is 29.4 Å². The minimum atomic E-state index is -0.790. The minimum absolute atomic E-state index is 0.0516. The van der Waals surface area contributed by atoms with Crippen LogP contribution in [0, 0.1) is 11.8 Å². The molecule has 9 nitrogen and oxygen atoms in total. The topological polar surface area (TPSA) is 128 Å². The summed E-state index contributed by atoms with van der Waals surface area (Å²) < 4.78 is 29.5. The fourth-order valence-electron chi connectivity index (χ4n) is 5.45. The number of alkyl carbamates (subject to hydrolysis) is 1. The number of hydrogen-bond acceptors (Lipinski definition) is 7. The molecule has 2 unspecified atom stereocenters. The third-order valence-electron chi connectivity index (χ3n) is 7.59. The number of carbonyl (C=O) groups excluding carboxylic acids is 2. The lowest BCUT2D eigenvalue weighted by Crippen LogP contribution is -2.57. The molecule has 0 bridgehead atoms. The van der Waals surface area contributed by atoms with Crippen LogP contribution in [0.1, 0.15) is 53.9 Å². The van der Waals surface area contributed by atoms with Crippen molar-refractivity contribution in [2.45, 2.75) is 101 Å². The fourth-order valence-corrected chi connectivity index (χ4v) is 5.45. The van der Waals surface area contributed by atoms with E-state index in [1.807, 2.05) is 13.8 Å². The van der Waals surface area contributed by atoms with Crippen molar-refractivity contribution in [1.82, 2.24) is 5.32 Å². The molecule has 4 fully saturated rings. The number of amides is 2. The highest BCUT2D eigenvalue weighted by atomic mass is 16.6. The van der Waals surface area contributed by atoms with Gasteiger partial charge in [0.05, 0.1) is 30.3 Å². The molecular formula is C22H36N2O7. The summed E-state index contributed by atoms with van der Waals surface area (Å²) in [5.74, 6) is -0.798. The van der Waals surface area contributed by atoms with Crippen molar-refractivity contribution in [3.63, 3.8) is 0 Å². The van der Waals surface area contributed by atoms with E-state index in [0.717, 1.165) is 12.8 Å². The van der Waals surface area contributed by atoms with Gasteiger partial charge in [0.1, 0.15) is 29.5 Å². The average Bonchev–Trinajstić information content (AvgIpc) is 3.62. The molecular weight excluding hydrogens is 404 g/mol. The van der Waals surface area contributed by atoms with Crippen LogP contribution in [0.3, 0.4) is 0 Å². The van der Waals surface area contributed by atoms with Crippen molar-refractivity contribution in [3.8, 4) is 0 Å². The van der Waals surface area contributed by atoms with Gasteiger partial charge in [0.25, 0.3) is 0 Å². The van der Waals surface area contributed by atoms with Gasteiger partial charge >= 0.3 is 6.09 Å². The van der Waals surface area contributed by atoms with Crippen molar-refractivity contribution in [2.75, 3.05) is 13.7 Å². The Kier molecular flexibility index (Phi) is 5.56. The van der Waals surface area contributed by atoms with Gasteiger partial charge in [-0.15, -0.1) is 0 Å². The van der Waals surface area contributed by atoms with Crippen molar-refractivity contribution in [3.05, 3.63) is 0 Å². The van der Waals surface area contributed by atoms with Gasteiger partial charge in [-0.05, 0) is 39.5 Å². The number of hydrogen-bond donors (Lipinski definition) is 2. The lowest BCUT2D eigenvalue weighted by atomic mass is 9.68. The Bertz CT molecular complexity index is 737. The molecule has 4 rings (SSSR count). The molecule has 3 N–H and O–H groups in total. The van der Waals surface area contributed by atoms with Crippen molar-refractivity contribution < 1.29 is 33.3 Å². The molecule has 8 atom stereocenters. The number of ether oxygens (including phenoxy) is 5. The van der Waals surface area contributed by atoms with E-state index in [1.54, 1.807) is 7.11 Å². The van der Waals surface area contributed by atoms with Crippen LogP contribution < -0.4 is 11.1 Å². The van der Waals surface area contributed by atoms with E-state index in [0.29, 0.717) is 13.0 Å². The Morgan fingerprint density at radius 3 is 2.32 bits per heavy atom. The lowest BCUT2D eigenvalue weighted by Gasteiger charge is -2.42. The minimum Gasteiger partial charge on any atom is -0.443 e. The number of primary amides is 1. The Balaban J connectivity index is 1.44. The summed E-state index contributed by atoms with van der Waals surface area (Å²) in [5.41, 5.74) is 4.59. The van der Waals surface area contributed by atoms with Gasteiger partial charge in [0, 0.05) is 13.5 Å². The number of epoxide rings is 3. The summed E-state index contributed by atoms with van der Waals surface area (Å²) in [7, 11) is 1.63. The summed E-state index contributed by atoms with van der Waals surface area (Å²) in [6.45, 7) is 10.5. The van der Waals surface area contributed by atoms with Crippen molar-refractivity contribution >= 4 is 12.0 Å². The van der Waals surface area contributed by atoms with Gasteiger partial charge in [0.15, 0.2) is 0 Å². The maximum absolute atomic E-state index is 12.6. The SMILES string of the molecule is CO[C@H]1C(C2(C)O[C@@H]2C[C@H]2OC2(C)C)[C@]2(CC[C@H]1OC(=O)N[C@@H](C(N)=O)C(C)C)CO2. The smallest absolute Gasteiger partial charge is 0.408 e. The van der Waals surface area contributed by atoms with Crippen molar-refractivity contribution in [1.29, 1.82) is 0 Å². The van der Waals surface area contributed by atoms with Gasteiger partial charge in [-0.2, -0.15) is 0 Å². The molecule has 31 heavy (non-hydrogen) atoms. The maximum atomic E-state index is 12.6. The molecule has 3 saturated heterocycles. The first-order valence-electron chi connectivity index (χ1n) is 11.2.